The molecule has 1 amide bonds. The summed E-state index contributed by atoms with van der Waals surface area (Å²) in [5.41, 5.74) is 0. The van der Waals surface area contributed by atoms with Crippen LogP contribution in [0.3, 0.4) is 0 Å². The molecule has 0 unspecified atom stereocenters. The van der Waals surface area contributed by atoms with Crippen LogP contribution in [-0.2, 0) is 11.3 Å². The van der Waals surface area contributed by atoms with Crippen molar-refractivity contribution in [2.24, 2.45) is 0 Å². The lowest BCUT2D eigenvalue weighted by atomic mass is 10.3. The minimum absolute atomic E-state index is 0.0281. The van der Waals surface area contributed by atoms with E-state index in [0.717, 1.165) is 9.21 Å². The summed E-state index contributed by atoms with van der Waals surface area (Å²) in [6.45, 7) is 2.95. The molecular formula is C16H18ClNO3S. The number of carbonyl (C=O) groups is 1. The summed E-state index contributed by atoms with van der Waals surface area (Å²) < 4.78 is 11.8. The van der Waals surface area contributed by atoms with Crippen LogP contribution >= 0.6 is 22.9 Å². The van der Waals surface area contributed by atoms with Crippen LogP contribution in [0, 0.1) is 0 Å². The Morgan fingerprint density at radius 2 is 1.86 bits per heavy atom. The second-order valence-corrected chi connectivity index (χ2v) is 6.42. The molecule has 0 saturated heterocycles. The van der Waals surface area contributed by atoms with Crippen LogP contribution in [0.15, 0.2) is 36.4 Å². The highest BCUT2D eigenvalue weighted by Gasteiger charge is 2.13. The van der Waals surface area contributed by atoms with E-state index >= 15 is 0 Å². The number of nitrogens with zero attached hydrogens (tertiary/aromatic N) is 1. The minimum atomic E-state index is -0.101. The van der Waals surface area contributed by atoms with Crippen molar-refractivity contribution in [1.29, 1.82) is 0 Å². The number of hydrogen-bond acceptors (Lipinski definition) is 4. The molecule has 22 heavy (non-hydrogen) atoms. The summed E-state index contributed by atoms with van der Waals surface area (Å²) in [6, 6.07) is 11.1. The van der Waals surface area contributed by atoms with Crippen molar-refractivity contribution >= 4 is 28.8 Å². The smallest absolute Gasteiger partial charge is 0.260 e. The Hall–Kier alpha value is -1.72. The molecule has 6 heteroatoms. The van der Waals surface area contributed by atoms with E-state index in [-0.39, 0.29) is 12.5 Å². The standard InChI is InChI=1S/C16H18ClNO3S/c1-3-20-13-6-4-5-7-14(13)21-11-16(19)18(2)10-12-8-9-15(17)22-12/h4-9H,3,10-11H2,1-2H3. The molecule has 0 N–H and O–H groups in total. The van der Waals surface area contributed by atoms with Crippen molar-refractivity contribution in [2.75, 3.05) is 20.3 Å². The predicted octanol–water partition coefficient (Wildman–Crippen LogP) is 3.84. The van der Waals surface area contributed by atoms with E-state index in [0.29, 0.717) is 24.7 Å². The van der Waals surface area contributed by atoms with Crippen molar-refractivity contribution < 1.29 is 14.3 Å². The molecule has 1 heterocycles. The fourth-order valence-electron chi connectivity index (χ4n) is 1.85. The number of ether oxygens (including phenoxy) is 2. The van der Waals surface area contributed by atoms with E-state index in [2.05, 4.69) is 0 Å². The molecular weight excluding hydrogens is 322 g/mol. The van der Waals surface area contributed by atoms with Crippen molar-refractivity contribution in [1.82, 2.24) is 4.90 Å². The molecule has 0 spiro atoms. The van der Waals surface area contributed by atoms with Crippen molar-refractivity contribution in [3.63, 3.8) is 0 Å². The molecule has 0 aliphatic heterocycles. The SMILES string of the molecule is CCOc1ccccc1OCC(=O)N(C)Cc1ccc(Cl)s1. The number of carbonyl (C=O) groups excluding carboxylic acids is 1. The Morgan fingerprint density at radius 1 is 1.18 bits per heavy atom. The van der Waals surface area contributed by atoms with Crippen molar-refractivity contribution in [3.8, 4) is 11.5 Å². The maximum absolute atomic E-state index is 12.1. The molecule has 0 aliphatic rings. The average Bonchev–Trinajstić information content (AvgIpc) is 2.91. The third kappa shape index (κ3) is 4.64. The van der Waals surface area contributed by atoms with Gasteiger partial charge in [0.2, 0.25) is 0 Å². The number of likely N-dealkylation sites (N-methyl/N-ethyl adjacent to an activating group) is 1. The van der Waals surface area contributed by atoms with Crippen LogP contribution in [0.1, 0.15) is 11.8 Å². The average molecular weight is 340 g/mol. The zero-order valence-electron chi connectivity index (χ0n) is 12.5. The largest absolute Gasteiger partial charge is 0.490 e. The minimum Gasteiger partial charge on any atom is -0.490 e. The van der Waals surface area contributed by atoms with E-state index in [9.17, 15) is 4.79 Å². The predicted molar refractivity (Wildman–Crippen MR) is 88.9 cm³/mol. The van der Waals surface area contributed by atoms with Gasteiger partial charge in [-0.25, -0.2) is 0 Å². The van der Waals surface area contributed by atoms with Gasteiger partial charge in [-0.1, -0.05) is 23.7 Å². The third-order valence-corrected chi connectivity index (χ3v) is 4.16. The molecule has 1 aromatic heterocycles. The van der Waals surface area contributed by atoms with E-state index in [1.54, 1.807) is 18.0 Å². The van der Waals surface area contributed by atoms with Gasteiger partial charge < -0.3 is 14.4 Å². The van der Waals surface area contributed by atoms with Gasteiger partial charge in [0.25, 0.3) is 5.91 Å². The zero-order chi connectivity index (χ0) is 15.9. The van der Waals surface area contributed by atoms with Gasteiger partial charge in [0, 0.05) is 11.9 Å². The Morgan fingerprint density at radius 3 is 2.45 bits per heavy atom. The van der Waals surface area contributed by atoms with E-state index in [4.69, 9.17) is 21.1 Å². The van der Waals surface area contributed by atoms with Crippen LogP contribution in [-0.4, -0.2) is 31.1 Å². The Balaban J connectivity index is 1.89. The number of hydrogen-bond donors (Lipinski definition) is 0. The first-order valence-electron chi connectivity index (χ1n) is 6.93. The lowest BCUT2D eigenvalue weighted by Crippen LogP contribution is -2.30. The number of amides is 1. The second-order valence-electron chi connectivity index (χ2n) is 4.62. The van der Waals surface area contributed by atoms with Crippen LogP contribution in [0.5, 0.6) is 11.5 Å². The fourth-order valence-corrected chi connectivity index (χ4v) is 2.99. The Labute approximate surface area is 139 Å². The van der Waals surface area contributed by atoms with Crippen molar-refractivity contribution in [3.05, 3.63) is 45.6 Å². The Bertz CT molecular complexity index is 629. The highest BCUT2D eigenvalue weighted by Crippen LogP contribution is 2.26. The van der Waals surface area contributed by atoms with Crippen LogP contribution in [0.4, 0.5) is 0 Å². The molecule has 0 radical (unpaired) electrons. The number of benzene rings is 1. The molecule has 0 atom stereocenters. The van der Waals surface area contributed by atoms with E-state index < -0.39 is 0 Å². The normalized spacial score (nSPS) is 10.3. The summed E-state index contributed by atoms with van der Waals surface area (Å²) in [5.74, 6) is 1.12. The quantitative estimate of drug-likeness (QED) is 0.769. The summed E-state index contributed by atoms with van der Waals surface area (Å²) in [7, 11) is 1.74. The van der Waals surface area contributed by atoms with Gasteiger partial charge in [0.1, 0.15) is 0 Å². The topological polar surface area (TPSA) is 38.8 Å². The second kappa shape index (κ2) is 8.06. The maximum Gasteiger partial charge on any atom is 0.260 e. The number of rotatable bonds is 7. The molecule has 2 rings (SSSR count). The number of thiophene rings is 1. The van der Waals surface area contributed by atoms with Crippen molar-refractivity contribution in [2.45, 2.75) is 13.5 Å². The first kappa shape index (κ1) is 16.6. The molecule has 1 aromatic carbocycles. The Kier molecular flexibility index (Phi) is 6.10. The van der Waals surface area contributed by atoms with Crippen LogP contribution < -0.4 is 9.47 Å². The number of para-hydroxylation sites is 2. The molecule has 118 valence electrons. The highest BCUT2D eigenvalue weighted by molar-refractivity contribution is 7.16. The molecule has 0 fully saturated rings. The van der Waals surface area contributed by atoms with E-state index in [1.807, 2.05) is 37.3 Å². The molecule has 2 aromatic rings. The lowest BCUT2D eigenvalue weighted by Gasteiger charge is -2.17. The van der Waals surface area contributed by atoms with Gasteiger partial charge >= 0.3 is 0 Å². The zero-order valence-corrected chi connectivity index (χ0v) is 14.1. The molecule has 4 nitrogen and oxygen atoms in total. The first-order chi connectivity index (χ1) is 10.6. The van der Waals surface area contributed by atoms with Gasteiger partial charge in [-0.3, -0.25) is 4.79 Å². The third-order valence-electron chi connectivity index (χ3n) is 2.95. The van der Waals surface area contributed by atoms with E-state index in [1.165, 1.54) is 11.3 Å². The molecule has 0 bridgehead atoms. The summed E-state index contributed by atoms with van der Waals surface area (Å²) in [5, 5.41) is 0. The summed E-state index contributed by atoms with van der Waals surface area (Å²) >= 11 is 7.36. The van der Waals surface area contributed by atoms with Gasteiger partial charge in [0.05, 0.1) is 17.5 Å². The summed E-state index contributed by atoms with van der Waals surface area (Å²) in [4.78, 5) is 14.8. The van der Waals surface area contributed by atoms with Gasteiger partial charge in [0.15, 0.2) is 18.1 Å². The van der Waals surface area contributed by atoms with Crippen LogP contribution in [0.2, 0.25) is 4.34 Å². The highest BCUT2D eigenvalue weighted by atomic mass is 35.5. The fraction of sp³-hybridized carbons (Fsp3) is 0.312. The summed E-state index contributed by atoms with van der Waals surface area (Å²) in [6.07, 6.45) is 0. The number of halogens is 1. The monoisotopic (exact) mass is 339 g/mol. The lowest BCUT2D eigenvalue weighted by molar-refractivity contribution is -0.132. The van der Waals surface area contributed by atoms with Gasteiger partial charge in [-0.2, -0.15) is 0 Å². The van der Waals surface area contributed by atoms with Gasteiger partial charge in [-0.15, -0.1) is 11.3 Å². The van der Waals surface area contributed by atoms with Crippen LogP contribution in [0.25, 0.3) is 0 Å². The molecule has 0 aliphatic carbocycles. The molecule has 0 saturated carbocycles. The first-order valence-corrected chi connectivity index (χ1v) is 8.12. The maximum atomic E-state index is 12.1. The van der Waals surface area contributed by atoms with Gasteiger partial charge in [-0.05, 0) is 31.2 Å².